The number of ether oxygens (including phenoxy) is 1. The number of fused-ring (bicyclic) bond motifs is 1. The van der Waals surface area contributed by atoms with Crippen molar-refractivity contribution in [1.82, 2.24) is 0 Å². The lowest BCUT2D eigenvalue weighted by Crippen LogP contribution is -2.18. The molecule has 2 aromatic rings. The van der Waals surface area contributed by atoms with E-state index in [9.17, 15) is 4.39 Å². The van der Waals surface area contributed by atoms with Gasteiger partial charge in [-0.3, -0.25) is 0 Å². The number of amidine groups is 1. The molecule has 0 bridgehead atoms. The summed E-state index contributed by atoms with van der Waals surface area (Å²) in [5.74, 6) is -0.271. The zero-order valence-electron chi connectivity index (χ0n) is 9.56. The summed E-state index contributed by atoms with van der Waals surface area (Å²) in [6, 6.07) is 14.6. The fraction of sp³-hybridized carbons (Fsp3) is 0.0714. The summed E-state index contributed by atoms with van der Waals surface area (Å²) >= 11 is 0. The lowest BCUT2D eigenvalue weighted by atomic mass is 10.2. The minimum Gasteiger partial charge on any atom is -0.460 e. The Morgan fingerprint density at radius 2 is 1.94 bits per heavy atom. The molecule has 3 nitrogen and oxygen atoms in total. The minimum absolute atomic E-state index is 0.271. The van der Waals surface area contributed by atoms with Crippen LogP contribution in [-0.2, 0) is 11.3 Å². The molecule has 0 aliphatic carbocycles. The van der Waals surface area contributed by atoms with Crippen LogP contribution < -0.4 is 5.32 Å². The Balaban J connectivity index is 1.85. The molecule has 3 rings (SSSR count). The number of aliphatic imine (C=N–C) groups is 1. The van der Waals surface area contributed by atoms with Gasteiger partial charge in [-0.25, -0.2) is 4.39 Å². The highest BCUT2D eigenvalue weighted by Crippen LogP contribution is 2.25. The zero-order chi connectivity index (χ0) is 12.4. The van der Waals surface area contributed by atoms with E-state index >= 15 is 0 Å². The fourth-order valence-electron chi connectivity index (χ4n) is 1.78. The van der Waals surface area contributed by atoms with Gasteiger partial charge < -0.3 is 10.1 Å². The van der Waals surface area contributed by atoms with Gasteiger partial charge in [0.1, 0.15) is 12.4 Å². The molecule has 4 heteroatoms. The molecule has 0 saturated heterocycles. The number of hydrogen-bond donors (Lipinski definition) is 1. The van der Waals surface area contributed by atoms with Crippen LogP contribution in [0.25, 0.3) is 0 Å². The Hall–Kier alpha value is -2.36. The molecule has 2 aromatic carbocycles. The predicted molar refractivity (Wildman–Crippen MR) is 68.3 cm³/mol. The standard InChI is InChI=1S/C14H11FN2O/c15-11-6-7-13-10(8-11)9-18-14(17-13)16-12-4-2-1-3-5-12/h1-8H,9H2,(H,16,17). The molecule has 0 fully saturated rings. The molecule has 0 radical (unpaired) electrons. The Morgan fingerprint density at radius 1 is 1.11 bits per heavy atom. The molecular weight excluding hydrogens is 231 g/mol. The lowest BCUT2D eigenvalue weighted by molar-refractivity contribution is 0.285. The molecule has 1 aliphatic rings. The summed E-state index contributed by atoms with van der Waals surface area (Å²) in [5.41, 5.74) is 2.40. The van der Waals surface area contributed by atoms with E-state index in [1.807, 2.05) is 30.3 Å². The Bertz CT molecular complexity index is 596. The average molecular weight is 242 g/mol. The van der Waals surface area contributed by atoms with E-state index in [-0.39, 0.29) is 5.82 Å². The second-order valence-corrected chi connectivity index (χ2v) is 3.97. The molecule has 0 unspecified atom stereocenters. The van der Waals surface area contributed by atoms with Crippen molar-refractivity contribution in [3.63, 3.8) is 0 Å². The zero-order valence-corrected chi connectivity index (χ0v) is 9.56. The number of rotatable bonds is 1. The number of para-hydroxylation sites is 1. The first-order valence-corrected chi connectivity index (χ1v) is 5.63. The van der Waals surface area contributed by atoms with Crippen molar-refractivity contribution in [2.75, 3.05) is 5.32 Å². The first kappa shape index (κ1) is 10.8. The van der Waals surface area contributed by atoms with Gasteiger partial charge in [0, 0.05) is 11.3 Å². The maximum Gasteiger partial charge on any atom is 0.294 e. The summed E-state index contributed by atoms with van der Waals surface area (Å²) in [4.78, 5) is 4.30. The summed E-state index contributed by atoms with van der Waals surface area (Å²) in [7, 11) is 0. The number of nitrogens with one attached hydrogen (secondary N) is 1. The normalized spacial score (nSPS) is 13.3. The first-order valence-electron chi connectivity index (χ1n) is 5.63. The van der Waals surface area contributed by atoms with Gasteiger partial charge in [-0.05, 0) is 30.3 Å². The van der Waals surface area contributed by atoms with E-state index in [4.69, 9.17) is 4.74 Å². The van der Waals surface area contributed by atoms with E-state index in [1.165, 1.54) is 12.1 Å². The highest BCUT2D eigenvalue weighted by molar-refractivity contribution is 5.91. The van der Waals surface area contributed by atoms with Crippen molar-refractivity contribution >= 4 is 17.4 Å². The minimum atomic E-state index is -0.271. The van der Waals surface area contributed by atoms with Gasteiger partial charge in [0.05, 0.1) is 5.69 Å². The SMILES string of the molecule is Fc1ccc2c(c1)COC(Nc1ccccc1)=N2. The van der Waals surface area contributed by atoms with Crippen LogP contribution in [0.2, 0.25) is 0 Å². The molecule has 0 saturated carbocycles. The van der Waals surface area contributed by atoms with Gasteiger partial charge in [0.15, 0.2) is 0 Å². The molecule has 0 atom stereocenters. The van der Waals surface area contributed by atoms with Crippen LogP contribution in [0.4, 0.5) is 15.8 Å². The van der Waals surface area contributed by atoms with Crippen molar-refractivity contribution < 1.29 is 9.13 Å². The van der Waals surface area contributed by atoms with Crippen molar-refractivity contribution in [2.24, 2.45) is 4.99 Å². The summed E-state index contributed by atoms with van der Waals surface area (Å²) in [6.45, 7) is 0.325. The van der Waals surface area contributed by atoms with Gasteiger partial charge in [0.2, 0.25) is 0 Å². The van der Waals surface area contributed by atoms with Crippen molar-refractivity contribution in [3.05, 3.63) is 59.9 Å². The van der Waals surface area contributed by atoms with Crippen molar-refractivity contribution in [2.45, 2.75) is 6.61 Å². The summed E-state index contributed by atoms with van der Waals surface area (Å²) in [6.07, 6.45) is 0. The second kappa shape index (κ2) is 4.49. The van der Waals surface area contributed by atoms with E-state index < -0.39 is 0 Å². The molecule has 1 heterocycles. The smallest absolute Gasteiger partial charge is 0.294 e. The van der Waals surface area contributed by atoms with Crippen LogP contribution in [0.1, 0.15) is 5.56 Å². The molecule has 1 N–H and O–H groups in total. The quantitative estimate of drug-likeness (QED) is 0.830. The maximum atomic E-state index is 13.0. The van der Waals surface area contributed by atoms with Crippen LogP contribution in [0.5, 0.6) is 0 Å². The van der Waals surface area contributed by atoms with E-state index in [2.05, 4.69) is 10.3 Å². The van der Waals surface area contributed by atoms with Crippen LogP contribution in [0, 0.1) is 5.82 Å². The van der Waals surface area contributed by atoms with Crippen molar-refractivity contribution in [1.29, 1.82) is 0 Å². The van der Waals surface area contributed by atoms with E-state index in [0.29, 0.717) is 12.6 Å². The van der Waals surface area contributed by atoms with Crippen molar-refractivity contribution in [3.8, 4) is 0 Å². The highest BCUT2D eigenvalue weighted by atomic mass is 19.1. The molecule has 0 spiro atoms. The maximum absolute atomic E-state index is 13.0. The highest BCUT2D eigenvalue weighted by Gasteiger charge is 2.13. The van der Waals surface area contributed by atoms with Gasteiger partial charge in [0.25, 0.3) is 6.02 Å². The topological polar surface area (TPSA) is 33.6 Å². The molecule has 1 aliphatic heterocycles. The van der Waals surface area contributed by atoms with Crippen LogP contribution in [0.3, 0.4) is 0 Å². The van der Waals surface area contributed by atoms with Crippen LogP contribution in [0.15, 0.2) is 53.5 Å². The third-order valence-electron chi connectivity index (χ3n) is 2.65. The number of hydrogen-bond acceptors (Lipinski definition) is 3. The Kier molecular flexibility index (Phi) is 2.68. The lowest BCUT2D eigenvalue weighted by Gasteiger charge is -2.17. The average Bonchev–Trinajstić information content (AvgIpc) is 2.40. The molecule has 0 amide bonds. The Labute approximate surface area is 104 Å². The monoisotopic (exact) mass is 242 g/mol. The Morgan fingerprint density at radius 3 is 2.78 bits per heavy atom. The van der Waals surface area contributed by atoms with E-state index in [1.54, 1.807) is 6.07 Å². The van der Waals surface area contributed by atoms with Crippen LogP contribution >= 0.6 is 0 Å². The predicted octanol–water partition coefficient (Wildman–Crippen LogP) is 3.46. The second-order valence-electron chi connectivity index (χ2n) is 3.97. The third kappa shape index (κ3) is 2.18. The van der Waals surface area contributed by atoms with Gasteiger partial charge in [-0.15, -0.1) is 0 Å². The summed E-state index contributed by atoms with van der Waals surface area (Å²) in [5, 5.41) is 3.07. The van der Waals surface area contributed by atoms with E-state index in [0.717, 1.165) is 16.9 Å². The van der Waals surface area contributed by atoms with Gasteiger partial charge >= 0.3 is 0 Å². The molecular formula is C14H11FN2O. The van der Waals surface area contributed by atoms with Crippen LogP contribution in [-0.4, -0.2) is 6.02 Å². The number of halogens is 1. The molecule has 18 heavy (non-hydrogen) atoms. The first-order chi connectivity index (χ1) is 8.81. The van der Waals surface area contributed by atoms with Gasteiger partial charge in [-0.1, -0.05) is 18.2 Å². The summed E-state index contributed by atoms with van der Waals surface area (Å²) < 4.78 is 18.5. The number of nitrogens with zero attached hydrogens (tertiary/aromatic N) is 1. The third-order valence-corrected chi connectivity index (χ3v) is 2.65. The van der Waals surface area contributed by atoms with Gasteiger partial charge in [-0.2, -0.15) is 4.99 Å². The molecule has 90 valence electrons. The molecule has 0 aromatic heterocycles. The number of benzene rings is 2. The fourth-order valence-corrected chi connectivity index (χ4v) is 1.78. The number of anilines is 1. The largest absolute Gasteiger partial charge is 0.460 e.